The number of ether oxygens (including phenoxy) is 1. The molecule has 124 valence electrons. The Hall–Kier alpha value is -1.37. The Balaban J connectivity index is 2.63. The number of rotatable bonds is 4. The van der Waals surface area contributed by atoms with Crippen molar-refractivity contribution in [2.45, 2.75) is 26.0 Å². The lowest BCUT2D eigenvalue weighted by atomic mass is 10.0. The number of carbonyl (C=O) groups excluding carboxylic acids is 1. The van der Waals surface area contributed by atoms with Crippen molar-refractivity contribution in [3.63, 3.8) is 0 Å². The van der Waals surface area contributed by atoms with Crippen LogP contribution in [0.3, 0.4) is 0 Å². The van der Waals surface area contributed by atoms with E-state index in [1.807, 2.05) is 13.8 Å². The van der Waals surface area contributed by atoms with Crippen molar-refractivity contribution in [1.29, 1.82) is 0 Å². The zero-order valence-corrected chi connectivity index (χ0v) is 15.2. The van der Waals surface area contributed by atoms with Gasteiger partial charge in [-0.1, -0.05) is 17.7 Å². The number of aromatic nitrogens is 1. The summed E-state index contributed by atoms with van der Waals surface area (Å²) in [5.41, 5.74) is 0.848. The average molecular weight is 405 g/mol. The van der Waals surface area contributed by atoms with Gasteiger partial charge in [0.2, 0.25) is 0 Å². The van der Waals surface area contributed by atoms with Gasteiger partial charge in [0.25, 0.3) is 0 Å². The quantitative estimate of drug-likeness (QED) is 0.764. The van der Waals surface area contributed by atoms with Gasteiger partial charge in [0.1, 0.15) is 11.9 Å². The molecular formula is C16H16BrClFNO3. The molecule has 2 aromatic rings. The maximum Gasteiger partial charge on any atom is 0.339 e. The molecule has 1 aromatic heterocycles. The van der Waals surface area contributed by atoms with E-state index in [1.165, 1.54) is 19.2 Å². The van der Waals surface area contributed by atoms with Crippen molar-refractivity contribution in [2.24, 2.45) is 0 Å². The Kier molecular flexibility index (Phi) is 5.49. The minimum atomic E-state index is -1.20. The summed E-state index contributed by atoms with van der Waals surface area (Å²) in [6, 6.07) is 5.58. The van der Waals surface area contributed by atoms with E-state index in [-0.39, 0.29) is 16.6 Å². The lowest BCUT2D eigenvalue weighted by Crippen LogP contribution is -2.15. The first kappa shape index (κ1) is 18.0. The number of nitrogens with zero attached hydrogens (tertiary/aromatic N) is 1. The SMILES string of the molecule is COC(=O)c1cc(Br)n(C(C)C)c1C(O)c1ccc(Cl)c(F)c1. The largest absolute Gasteiger partial charge is 0.465 e. The predicted molar refractivity (Wildman–Crippen MR) is 89.3 cm³/mol. The minimum absolute atomic E-state index is 0.0328. The molecule has 0 fully saturated rings. The van der Waals surface area contributed by atoms with Gasteiger partial charge in [-0.05, 0) is 53.5 Å². The molecule has 2 rings (SSSR count). The van der Waals surface area contributed by atoms with E-state index in [0.717, 1.165) is 6.07 Å². The summed E-state index contributed by atoms with van der Waals surface area (Å²) in [6.45, 7) is 3.81. The number of halogens is 3. The summed E-state index contributed by atoms with van der Waals surface area (Å²) >= 11 is 9.06. The number of aliphatic hydroxyl groups is 1. The minimum Gasteiger partial charge on any atom is -0.465 e. The van der Waals surface area contributed by atoms with Crippen LogP contribution in [0.2, 0.25) is 5.02 Å². The molecular weight excluding hydrogens is 389 g/mol. The van der Waals surface area contributed by atoms with Gasteiger partial charge in [0.15, 0.2) is 0 Å². The number of carbonyl (C=O) groups is 1. The van der Waals surface area contributed by atoms with Crippen molar-refractivity contribution in [2.75, 3.05) is 7.11 Å². The van der Waals surface area contributed by atoms with Crippen molar-refractivity contribution in [1.82, 2.24) is 4.57 Å². The van der Waals surface area contributed by atoms with E-state index in [4.69, 9.17) is 16.3 Å². The molecule has 0 radical (unpaired) electrons. The fourth-order valence-corrected chi connectivity index (χ4v) is 3.37. The fraction of sp³-hybridized carbons (Fsp3) is 0.312. The molecule has 0 aliphatic carbocycles. The van der Waals surface area contributed by atoms with Crippen LogP contribution >= 0.6 is 27.5 Å². The van der Waals surface area contributed by atoms with Gasteiger partial charge in [0.05, 0.1) is 28.0 Å². The third kappa shape index (κ3) is 3.44. The number of methoxy groups -OCH3 is 1. The smallest absolute Gasteiger partial charge is 0.339 e. The first-order valence-corrected chi connectivity index (χ1v) is 8.07. The molecule has 23 heavy (non-hydrogen) atoms. The molecule has 0 amide bonds. The maximum absolute atomic E-state index is 13.7. The second-order valence-corrected chi connectivity index (χ2v) is 6.52. The second kappa shape index (κ2) is 7.03. The predicted octanol–water partition coefficient (Wildman–Crippen LogP) is 4.49. The van der Waals surface area contributed by atoms with Gasteiger partial charge in [0, 0.05) is 6.04 Å². The summed E-state index contributed by atoms with van der Waals surface area (Å²) < 4.78 is 20.8. The summed E-state index contributed by atoms with van der Waals surface area (Å²) in [7, 11) is 1.26. The van der Waals surface area contributed by atoms with E-state index in [0.29, 0.717) is 15.9 Å². The molecule has 0 spiro atoms. The third-order valence-electron chi connectivity index (χ3n) is 3.47. The summed E-state index contributed by atoms with van der Waals surface area (Å²) in [4.78, 5) is 12.0. The number of hydrogen-bond donors (Lipinski definition) is 1. The van der Waals surface area contributed by atoms with Gasteiger partial charge in [-0.25, -0.2) is 9.18 Å². The lowest BCUT2D eigenvalue weighted by Gasteiger charge is -2.20. The van der Waals surface area contributed by atoms with Crippen LogP contribution in [0.15, 0.2) is 28.9 Å². The third-order valence-corrected chi connectivity index (χ3v) is 4.39. The molecule has 4 nitrogen and oxygen atoms in total. The van der Waals surface area contributed by atoms with Gasteiger partial charge in [-0.15, -0.1) is 0 Å². The lowest BCUT2D eigenvalue weighted by molar-refractivity contribution is 0.0594. The van der Waals surface area contributed by atoms with E-state index in [1.54, 1.807) is 10.6 Å². The first-order chi connectivity index (χ1) is 10.8. The van der Waals surface area contributed by atoms with Crippen LogP contribution in [0.1, 0.15) is 47.6 Å². The van der Waals surface area contributed by atoms with Crippen LogP contribution < -0.4 is 0 Å². The van der Waals surface area contributed by atoms with Gasteiger partial charge >= 0.3 is 5.97 Å². The molecule has 0 bridgehead atoms. The number of benzene rings is 1. The highest BCUT2D eigenvalue weighted by Crippen LogP contribution is 2.34. The van der Waals surface area contributed by atoms with Crippen LogP contribution in [0.5, 0.6) is 0 Å². The maximum atomic E-state index is 13.7. The number of hydrogen-bond acceptors (Lipinski definition) is 3. The molecule has 1 unspecified atom stereocenters. The highest BCUT2D eigenvalue weighted by atomic mass is 79.9. The van der Waals surface area contributed by atoms with Crippen LogP contribution in [-0.2, 0) is 4.74 Å². The summed E-state index contributed by atoms with van der Waals surface area (Å²) in [5, 5.41) is 10.7. The summed E-state index contributed by atoms with van der Waals surface area (Å²) in [6.07, 6.45) is -1.20. The molecule has 0 aliphatic rings. The molecule has 1 N–H and O–H groups in total. The fourth-order valence-electron chi connectivity index (χ4n) is 2.43. The van der Waals surface area contributed by atoms with E-state index in [9.17, 15) is 14.3 Å². The molecule has 0 aliphatic heterocycles. The Morgan fingerprint density at radius 3 is 2.57 bits per heavy atom. The topological polar surface area (TPSA) is 51.5 Å². The molecule has 7 heteroatoms. The van der Waals surface area contributed by atoms with E-state index in [2.05, 4.69) is 15.9 Å². The highest BCUT2D eigenvalue weighted by Gasteiger charge is 2.27. The van der Waals surface area contributed by atoms with E-state index >= 15 is 0 Å². The van der Waals surface area contributed by atoms with Crippen LogP contribution in [-0.4, -0.2) is 22.8 Å². The normalized spacial score (nSPS) is 12.5. The second-order valence-electron chi connectivity index (χ2n) is 5.30. The molecule has 1 heterocycles. The Morgan fingerprint density at radius 2 is 2.04 bits per heavy atom. The highest BCUT2D eigenvalue weighted by molar-refractivity contribution is 9.10. The standard InChI is InChI=1S/C16H16BrClFNO3/c1-8(2)20-13(17)7-10(16(22)23-3)14(20)15(21)9-4-5-11(18)12(19)6-9/h4-8,15,21H,1-3H3. The number of aliphatic hydroxyl groups excluding tert-OH is 1. The van der Waals surface area contributed by atoms with Crippen molar-refractivity contribution < 1.29 is 19.0 Å². The van der Waals surface area contributed by atoms with Crippen LogP contribution in [0, 0.1) is 5.82 Å². The molecule has 1 aromatic carbocycles. The van der Waals surface area contributed by atoms with E-state index < -0.39 is 17.9 Å². The van der Waals surface area contributed by atoms with Gasteiger partial charge < -0.3 is 14.4 Å². The number of esters is 1. The molecule has 0 saturated carbocycles. The van der Waals surface area contributed by atoms with Gasteiger partial charge in [-0.3, -0.25) is 0 Å². The zero-order valence-electron chi connectivity index (χ0n) is 12.8. The zero-order chi connectivity index (χ0) is 17.3. The van der Waals surface area contributed by atoms with Crippen molar-refractivity contribution in [3.8, 4) is 0 Å². The molecule has 1 atom stereocenters. The Bertz CT molecular complexity index is 745. The summed E-state index contributed by atoms with van der Waals surface area (Å²) in [5.74, 6) is -1.21. The van der Waals surface area contributed by atoms with Gasteiger partial charge in [-0.2, -0.15) is 0 Å². The van der Waals surface area contributed by atoms with Crippen LogP contribution in [0.25, 0.3) is 0 Å². The average Bonchev–Trinajstić information content (AvgIpc) is 2.86. The van der Waals surface area contributed by atoms with Crippen molar-refractivity contribution >= 4 is 33.5 Å². The Labute approximate surface area is 147 Å². The Morgan fingerprint density at radius 1 is 1.39 bits per heavy atom. The monoisotopic (exact) mass is 403 g/mol. The first-order valence-electron chi connectivity index (χ1n) is 6.89. The van der Waals surface area contributed by atoms with Crippen LogP contribution in [0.4, 0.5) is 4.39 Å². The molecule has 0 saturated heterocycles. The van der Waals surface area contributed by atoms with Crippen molar-refractivity contribution in [3.05, 3.63) is 56.5 Å².